The van der Waals surface area contributed by atoms with Gasteiger partial charge in [0, 0.05) is 11.6 Å². The number of anilines is 1. The van der Waals surface area contributed by atoms with Crippen molar-refractivity contribution in [1.29, 1.82) is 0 Å². The summed E-state index contributed by atoms with van der Waals surface area (Å²) in [5.41, 5.74) is 1.94. The van der Waals surface area contributed by atoms with E-state index in [2.05, 4.69) is 24.4 Å². The maximum atomic E-state index is 11.7. The number of carbonyl (C=O) groups excluding carboxylic acids is 1. The highest BCUT2D eigenvalue weighted by Gasteiger charge is 2.12. The zero-order valence-corrected chi connectivity index (χ0v) is 11.6. The van der Waals surface area contributed by atoms with Crippen LogP contribution < -0.4 is 5.32 Å². The van der Waals surface area contributed by atoms with E-state index in [1.807, 2.05) is 48.5 Å². The second kappa shape index (κ2) is 7.34. The monoisotopic (exact) mass is 269 g/mol. The number of benzene rings is 2. The molecule has 20 heavy (non-hydrogen) atoms. The lowest BCUT2D eigenvalue weighted by Crippen LogP contribution is -2.17. The van der Waals surface area contributed by atoms with Crippen molar-refractivity contribution in [1.82, 2.24) is 0 Å². The Hall–Kier alpha value is -2.29. The van der Waals surface area contributed by atoms with Gasteiger partial charge in [0.25, 0.3) is 0 Å². The highest BCUT2D eigenvalue weighted by atomic mass is 16.5. The molecule has 1 amide bonds. The fourth-order valence-electron chi connectivity index (χ4n) is 2.03. The Balaban J connectivity index is 1.86. The minimum absolute atomic E-state index is 0.234. The van der Waals surface area contributed by atoms with Gasteiger partial charge in [-0.05, 0) is 24.1 Å². The van der Waals surface area contributed by atoms with Crippen LogP contribution in [0.15, 0.2) is 60.7 Å². The van der Waals surface area contributed by atoms with Crippen molar-refractivity contribution in [2.45, 2.75) is 19.3 Å². The summed E-state index contributed by atoms with van der Waals surface area (Å²) >= 11 is 0. The van der Waals surface area contributed by atoms with Crippen molar-refractivity contribution in [2.75, 3.05) is 11.9 Å². The number of para-hydroxylation sites is 1. The van der Waals surface area contributed by atoms with Gasteiger partial charge >= 0.3 is 6.09 Å². The number of amides is 1. The molecule has 0 radical (unpaired) electrons. The summed E-state index contributed by atoms with van der Waals surface area (Å²) in [6, 6.07) is 19.4. The number of ether oxygens (including phenoxy) is 1. The van der Waals surface area contributed by atoms with Gasteiger partial charge in [-0.25, -0.2) is 4.79 Å². The summed E-state index contributed by atoms with van der Waals surface area (Å²) in [5.74, 6) is 0.234. The number of nitrogens with one attached hydrogen (secondary N) is 1. The third kappa shape index (κ3) is 4.12. The summed E-state index contributed by atoms with van der Waals surface area (Å²) < 4.78 is 5.30. The molecule has 1 N–H and O–H groups in total. The first-order chi connectivity index (χ1) is 9.79. The first-order valence-electron chi connectivity index (χ1n) is 6.83. The van der Waals surface area contributed by atoms with Gasteiger partial charge in [-0.3, -0.25) is 5.32 Å². The molecule has 0 fully saturated rings. The number of hydrogen-bond acceptors (Lipinski definition) is 2. The molecule has 0 heterocycles. The van der Waals surface area contributed by atoms with Gasteiger partial charge < -0.3 is 4.74 Å². The Labute approximate surface area is 119 Å². The zero-order chi connectivity index (χ0) is 14.2. The van der Waals surface area contributed by atoms with Gasteiger partial charge in [0.1, 0.15) is 6.61 Å². The Morgan fingerprint density at radius 3 is 2.25 bits per heavy atom. The number of carbonyl (C=O) groups is 1. The highest BCUT2D eigenvalue weighted by molar-refractivity contribution is 5.84. The molecule has 0 aliphatic rings. The van der Waals surface area contributed by atoms with Crippen LogP contribution in [0.1, 0.15) is 24.8 Å². The van der Waals surface area contributed by atoms with Crippen LogP contribution in [0.3, 0.4) is 0 Å². The summed E-state index contributed by atoms with van der Waals surface area (Å²) in [6.45, 7) is 2.48. The van der Waals surface area contributed by atoms with Crippen LogP contribution in [0.4, 0.5) is 10.5 Å². The van der Waals surface area contributed by atoms with Gasteiger partial charge in [0.15, 0.2) is 0 Å². The van der Waals surface area contributed by atoms with Crippen molar-refractivity contribution >= 4 is 11.8 Å². The molecule has 1 atom stereocenters. The molecule has 2 rings (SSSR count). The first kappa shape index (κ1) is 14.1. The van der Waals surface area contributed by atoms with E-state index in [4.69, 9.17) is 4.74 Å². The molecule has 2 aromatic rings. The van der Waals surface area contributed by atoms with E-state index in [0.717, 1.165) is 12.1 Å². The molecule has 2 aromatic carbocycles. The Bertz CT molecular complexity index is 525. The van der Waals surface area contributed by atoms with Gasteiger partial charge in [-0.15, -0.1) is 0 Å². The molecule has 104 valence electrons. The third-order valence-electron chi connectivity index (χ3n) is 3.20. The average molecular weight is 269 g/mol. The normalized spacial score (nSPS) is 11.7. The summed E-state index contributed by atoms with van der Waals surface area (Å²) in [5, 5.41) is 2.71. The van der Waals surface area contributed by atoms with Crippen LogP contribution in [0.2, 0.25) is 0 Å². The largest absolute Gasteiger partial charge is 0.449 e. The van der Waals surface area contributed by atoms with E-state index in [9.17, 15) is 4.79 Å². The van der Waals surface area contributed by atoms with E-state index >= 15 is 0 Å². The van der Waals surface area contributed by atoms with Gasteiger partial charge in [-0.2, -0.15) is 0 Å². The predicted molar refractivity (Wildman–Crippen MR) is 80.9 cm³/mol. The van der Waals surface area contributed by atoms with Crippen LogP contribution in [-0.4, -0.2) is 12.7 Å². The molecule has 0 saturated heterocycles. The minimum Gasteiger partial charge on any atom is -0.449 e. The molecule has 0 bridgehead atoms. The van der Waals surface area contributed by atoms with Crippen LogP contribution in [0.25, 0.3) is 0 Å². The lowest BCUT2D eigenvalue weighted by molar-refractivity contribution is 0.153. The van der Waals surface area contributed by atoms with E-state index in [1.165, 1.54) is 5.56 Å². The number of rotatable bonds is 5. The molecule has 3 heteroatoms. The topological polar surface area (TPSA) is 38.3 Å². The van der Waals surface area contributed by atoms with Crippen LogP contribution in [-0.2, 0) is 4.74 Å². The van der Waals surface area contributed by atoms with Crippen molar-refractivity contribution in [3.8, 4) is 0 Å². The van der Waals surface area contributed by atoms with Crippen LogP contribution >= 0.6 is 0 Å². The highest BCUT2D eigenvalue weighted by Crippen LogP contribution is 2.19. The second-order valence-electron chi connectivity index (χ2n) is 4.61. The molecule has 1 unspecified atom stereocenters. The standard InChI is InChI=1S/C17H19NO2/c1-2-14(15-9-5-3-6-10-15)13-20-17(19)18-16-11-7-4-8-12-16/h3-12,14H,2,13H2,1H3,(H,18,19). The average Bonchev–Trinajstić information content (AvgIpc) is 2.50. The maximum absolute atomic E-state index is 11.7. The molecule has 0 spiro atoms. The molecule has 0 aliphatic carbocycles. The summed E-state index contributed by atoms with van der Waals surface area (Å²) in [7, 11) is 0. The van der Waals surface area contributed by atoms with Crippen molar-refractivity contribution in [2.24, 2.45) is 0 Å². The minimum atomic E-state index is -0.411. The maximum Gasteiger partial charge on any atom is 0.411 e. The Morgan fingerprint density at radius 1 is 1.05 bits per heavy atom. The predicted octanol–water partition coefficient (Wildman–Crippen LogP) is 4.43. The molecular formula is C17H19NO2. The number of hydrogen-bond donors (Lipinski definition) is 1. The molecule has 0 aliphatic heterocycles. The van der Waals surface area contributed by atoms with Crippen LogP contribution in [0.5, 0.6) is 0 Å². The summed E-state index contributed by atoms with van der Waals surface area (Å²) in [6.07, 6.45) is 0.522. The van der Waals surface area contributed by atoms with Crippen molar-refractivity contribution in [3.05, 3.63) is 66.2 Å². The van der Waals surface area contributed by atoms with Gasteiger partial charge in [-0.1, -0.05) is 55.5 Å². The molecular weight excluding hydrogens is 250 g/mol. The molecule has 0 aromatic heterocycles. The van der Waals surface area contributed by atoms with E-state index in [-0.39, 0.29) is 5.92 Å². The Morgan fingerprint density at radius 2 is 1.65 bits per heavy atom. The fourth-order valence-corrected chi connectivity index (χ4v) is 2.03. The third-order valence-corrected chi connectivity index (χ3v) is 3.20. The van der Waals surface area contributed by atoms with Crippen LogP contribution in [0, 0.1) is 0 Å². The van der Waals surface area contributed by atoms with Crippen molar-refractivity contribution in [3.63, 3.8) is 0 Å². The molecule has 0 saturated carbocycles. The van der Waals surface area contributed by atoms with E-state index in [1.54, 1.807) is 0 Å². The van der Waals surface area contributed by atoms with Gasteiger partial charge in [0.05, 0.1) is 0 Å². The molecule has 3 nitrogen and oxygen atoms in total. The van der Waals surface area contributed by atoms with Crippen molar-refractivity contribution < 1.29 is 9.53 Å². The zero-order valence-electron chi connectivity index (χ0n) is 11.6. The van der Waals surface area contributed by atoms with E-state index in [0.29, 0.717) is 6.61 Å². The lowest BCUT2D eigenvalue weighted by Gasteiger charge is -2.15. The SMILES string of the molecule is CCC(COC(=O)Nc1ccccc1)c1ccccc1. The first-order valence-corrected chi connectivity index (χ1v) is 6.83. The van der Waals surface area contributed by atoms with Gasteiger partial charge in [0.2, 0.25) is 0 Å². The summed E-state index contributed by atoms with van der Waals surface area (Å²) in [4.78, 5) is 11.7. The van der Waals surface area contributed by atoms with E-state index < -0.39 is 6.09 Å². The second-order valence-corrected chi connectivity index (χ2v) is 4.61. The fraction of sp³-hybridized carbons (Fsp3) is 0.235. The quantitative estimate of drug-likeness (QED) is 0.872. The Kier molecular flexibility index (Phi) is 5.18. The smallest absolute Gasteiger partial charge is 0.411 e. The lowest BCUT2D eigenvalue weighted by atomic mass is 9.98.